The molecule has 2 aromatic rings. The molecule has 0 radical (unpaired) electrons. The Balaban J connectivity index is 1.83. The zero-order chi connectivity index (χ0) is 13.0. The van der Waals surface area contributed by atoms with Gasteiger partial charge in [0.25, 0.3) is 0 Å². The van der Waals surface area contributed by atoms with Crippen molar-refractivity contribution in [3.8, 4) is 0 Å². The van der Waals surface area contributed by atoms with E-state index in [-0.39, 0.29) is 5.78 Å². The second-order valence-corrected chi connectivity index (χ2v) is 6.21. The van der Waals surface area contributed by atoms with Gasteiger partial charge in [0.05, 0.1) is 4.34 Å². The number of halogens is 1. The summed E-state index contributed by atoms with van der Waals surface area (Å²) in [6, 6.07) is 12.1. The molecule has 0 bridgehead atoms. The molecule has 0 atom stereocenters. The number of hydrogen-bond acceptors (Lipinski definition) is 2. The molecule has 1 aromatic heterocycles. The van der Waals surface area contributed by atoms with E-state index in [4.69, 9.17) is 11.6 Å². The van der Waals surface area contributed by atoms with Gasteiger partial charge in [0.2, 0.25) is 0 Å². The average molecular weight is 279 g/mol. The monoisotopic (exact) mass is 278 g/mol. The highest BCUT2D eigenvalue weighted by Crippen LogP contribution is 2.22. The van der Waals surface area contributed by atoms with Crippen molar-refractivity contribution in [3.05, 3.63) is 56.7 Å². The fourth-order valence-corrected chi connectivity index (χ4v) is 2.88. The van der Waals surface area contributed by atoms with Crippen molar-refractivity contribution in [1.82, 2.24) is 0 Å². The van der Waals surface area contributed by atoms with E-state index >= 15 is 0 Å². The molecule has 0 N–H and O–H groups in total. The number of aryl methyl sites for hydroxylation is 2. The largest absolute Gasteiger partial charge is 0.299 e. The van der Waals surface area contributed by atoms with Crippen LogP contribution in [-0.4, -0.2) is 5.78 Å². The number of rotatable bonds is 5. The Morgan fingerprint density at radius 3 is 2.50 bits per heavy atom. The topological polar surface area (TPSA) is 17.1 Å². The summed E-state index contributed by atoms with van der Waals surface area (Å²) < 4.78 is 0.747. The smallest absolute Gasteiger partial charge is 0.138 e. The van der Waals surface area contributed by atoms with Crippen LogP contribution in [0.2, 0.25) is 4.34 Å². The lowest BCUT2D eigenvalue weighted by Gasteiger charge is -2.01. The zero-order valence-electron chi connectivity index (χ0n) is 10.3. The van der Waals surface area contributed by atoms with E-state index in [0.29, 0.717) is 12.8 Å². The SMILES string of the molecule is Cc1ccc(CCC(=O)Cc2ccc(Cl)s2)cc1. The zero-order valence-corrected chi connectivity index (χ0v) is 11.9. The van der Waals surface area contributed by atoms with Crippen molar-refractivity contribution in [2.75, 3.05) is 0 Å². The average Bonchev–Trinajstić information content (AvgIpc) is 2.74. The number of benzene rings is 1. The second kappa shape index (κ2) is 6.17. The summed E-state index contributed by atoms with van der Waals surface area (Å²) in [6.45, 7) is 2.06. The van der Waals surface area contributed by atoms with Gasteiger partial charge < -0.3 is 0 Å². The number of Topliss-reactive ketones (excluding diaryl/α,β-unsaturated/α-hetero) is 1. The van der Waals surface area contributed by atoms with Crippen LogP contribution in [0.15, 0.2) is 36.4 Å². The maximum absolute atomic E-state index is 11.8. The molecule has 3 heteroatoms. The molecule has 0 saturated carbocycles. The number of thiophene rings is 1. The molecular formula is C15H15ClOS. The summed E-state index contributed by atoms with van der Waals surface area (Å²) in [5, 5.41) is 0. The van der Waals surface area contributed by atoms with Gasteiger partial charge in [0.15, 0.2) is 0 Å². The van der Waals surface area contributed by atoms with E-state index in [2.05, 4.69) is 31.2 Å². The number of hydrogen-bond donors (Lipinski definition) is 0. The lowest BCUT2D eigenvalue weighted by atomic mass is 10.0. The van der Waals surface area contributed by atoms with Gasteiger partial charge in [-0.25, -0.2) is 0 Å². The Morgan fingerprint density at radius 1 is 1.17 bits per heavy atom. The minimum Gasteiger partial charge on any atom is -0.299 e. The molecule has 0 saturated heterocycles. The first kappa shape index (κ1) is 13.3. The van der Waals surface area contributed by atoms with Gasteiger partial charge in [0, 0.05) is 17.7 Å². The minimum atomic E-state index is 0.272. The normalized spacial score (nSPS) is 10.6. The van der Waals surface area contributed by atoms with Gasteiger partial charge in [-0.05, 0) is 31.0 Å². The minimum absolute atomic E-state index is 0.272. The fourth-order valence-electron chi connectivity index (χ4n) is 1.77. The molecule has 1 heterocycles. The van der Waals surface area contributed by atoms with Gasteiger partial charge in [-0.1, -0.05) is 41.4 Å². The highest BCUT2D eigenvalue weighted by molar-refractivity contribution is 7.16. The Morgan fingerprint density at radius 2 is 1.89 bits per heavy atom. The van der Waals surface area contributed by atoms with Crippen molar-refractivity contribution >= 4 is 28.7 Å². The Labute approximate surface area is 116 Å². The molecule has 18 heavy (non-hydrogen) atoms. The van der Waals surface area contributed by atoms with Crippen LogP contribution in [-0.2, 0) is 17.6 Å². The predicted molar refractivity (Wildman–Crippen MR) is 77.5 cm³/mol. The number of carbonyl (C=O) groups excluding carboxylic acids is 1. The van der Waals surface area contributed by atoms with E-state index in [1.165, 1.54) is 22.5 Å². The first-order valence-electron chi connectivity index (χ1n) is 5.95. The molecule has 0 aliphatic carbocycles. The Hall–Kier alpha value is -1.12. The van der Waals surface area contributed by atoms with Crippen LogP contribution < -0.4 is 0 Å². The fraction of sp³-hybridized carbons (Fsp3) is 0.267. The lowest BCUT2D eigenvalue weighted by molar-refractivity contribution is -0.118. The van der Waals surface area contributed by atoms with Crippen molar-refractivity contribution in [3.63, 3.8) is 0 Å². The molecule has 0 aliphatic heterocycles. The summed E-state index contributed by atoms with van der Waals surface area (Å²) in [5.74, 6) is 0.272. The Bertz CT molecular complexity index is 528. The first-order chi connectivity index (χ1) is 8.63. The van der Waals surface area contributed by atoms with E-state index in [0.717, 1.165) is 15.6 Å². The molecule has 94 valence electrons. The van der Waals surface area contributed by atoms with Crippen molar-refractivity contribution in [2.45, 2.75) is 26.2 Å². The highest BCUT2D eigenvalue weighted by atomic mass is 35.5. The Kier molecular flexibility index (Phi) is 4.56. The first-order valence-corrected chi connectivity index (χ1v) is 7.14. The van der Waals surface area contributed by atoms with E-state index in [1.54, 1.807) is 0 Å². The third-order valence-electron chi connectivity index (χ3n) is 2.81. The molecular weight excluding hydrogens is 264 g/mol. The molecule has 1 aromatic carbocycles. The van der Waals surface area contributed by atoms with E-state index in [9.17, 15) is 4.79 Å². The molecule has 0 amide bonds. The third-order valence-corrected chi connectivity index (χ3v) is 4.04. The second-order valence-electron chi connectivity index (χ2n) is 4.41. The summed E-state index contributed by atoms with van der Waals surface area (Å²) in [7, 11) is 0. The number of carbonyl (C=O) groups is 1. The van der Waals surface area contributed by atoms with Crippen LogP contribution in [0.4, 0.5) is 0 Å². The summed E-state index contributed by atoms with van der Waals surface area (Å²) in [6.07, 6.45) is 1.92. The van der Waals surface area contributed by atoms with Crippen molar-refractivity contribution in [1.29, 1.82) is 0 Å². The summed E-state index contributed by atoms with van der Waals surface area (Å²) in [5.41, 5.74) is 2.47. The van der Waals surface area contributed by atoms with Gasteiger partial charge in [0.1, 0.15) is 5.78 Å². The summed E-state index contributed by atoms with van der Waals surface area (Å²) >= 11 is 7.32. The van der Waals surface area contributed by atoms with Gasteiger partial charge >= 0.3 is 0 Å². The molecule has 2 rings (SSSR count). The predicted octanol–water partition coefficient (Wildman–Crippen LogP) is 4.45. The maximum atomic E-state index is 11.8. The molecule has 1 nitrogen and oxygen atoms in total. The van der Waals surface area contributed by atoms with Crippen LogP contribution in [0.3, 0.4) is 0 Å². The number of ketones is 1. The molecule has 0 unspecified atom stereocenters. The molecule has 0 aliphatic rings. The van der Waals surface area contributed by atoms with Gasteiger partial charge in [-0.15, -0.1) is 11.3 Å². The van der Waals surface area contributed by atoms with Crippen LogP contribution >= 0.6 is 22.9 Å². The van der Waals surface area contributed by atoms with E-state index < -0.39 is 0 Å². The van der Waals surface area contributed by atoms with Crippen LogP contribution in [0.5, 0.6) is 0 Å². The van der Waals surface area contributed by atoms with Crippen LogP contribution in [0.1, 0.15) is 22.4 Å². The third kappa shape index (κ3) is 3.97. The standard InChI is InChI=1S/C15H15ClOS/c1-11-2-4-12(5-3-11)6-7-13(17)10-14-8-9-15(16)18-14/h2-5,8-9H,6-7,10H2,1H3. The summed E-state index contributed by atoms with van der Waals surface area (Å²) in [4.78, 5) is 12.9. The van der Waals surface area contributed by atoms with Crippen LogP contribution in [0, 0.1) is 6.92 Å². The molecule has 0 fully saturated rings. The lowest BCUT2D eigenvalue weighted by Crippen LogP contribution is -2.03. The highest BCUT2D eigenvalue weighted by Gasteiger charge is 2.06. The van der Waals surface area contributed by atoms with Crippen molar-refractivity contribution < 1.29 is 4.79 Å². The quantitative estimate of drug-likeness (QED) is 0.789. The van der Waals surface area contributed by atoms with Gasteiger partial charge in [-0.3, -0.25) is 4.79 Å². The maximum Gasteiger partial charge on any atom is 0.138 e. The molecule has 0 spiro atoms. The van der Waals surface area contributed by atoms with Crippen LogP contribution in [0.25, 0.3) is 0 Å². The van der Waals surface area contributed by atoms with Crippen molar-refractivity contribution in [2.24, 2.45) is 0 Å². The van der Waals surface area contributed by atoms with Gasteiger partial charge in [-0.2, -0.15) is 0 Å². The van der Waals surface area contributed by atoms with E-state index in [1.807, 2.05) is 12.1 Å².